The Morgan fingerprint density at radius 3 is 2.90 bits per heavy atom. The van der Waals surface area contributed by atoms with Crippen LogP contribution in [0.3, 0.4) is 0 Å². The smallest absolute Gasteiger partial charge is 0.162 e. The van der Waals surface area contributed by atoms with E-state index in [1.54, 1.807) is 6.20 Å². The molecule has 0 spiro atoms. The molecule has 29 heavy (non-hydrogen) atoms. The largest absolute Gasteiger partial charge is 0.377 e. The normalized spacial score (nSPS) is 23.1. The summed E-state index contributed by atoms with van der Waals surface area (Å²) in [6.07, 6.45) is 6.55. The molecule has 0 bridgehead atoms. The van der Waals surface area contributed by atoms with Crippen molar-refractivity contribution in [1.29, 1.82) is 4.78 Å². The molecule has 8 nitrogen and oxygen atoms in total. The summed E-state index contributed by atoms with van der Waals surface area (Å²) >= 11 is 0. The van der Waals surface area contributed by atoms with Gasteiger partial charge in [-0.15, -0.1) is 0 Å². The van der Waals surface area contributed by atoms with E-state index in [0.29, 0.717) is 24.7 Å². The number of rotatable bonds is 4. The van der Waals surface area contributed by atoms with Gasteiger partial charge in [0.2, 0.25) is 0 Å². The predicted octanol–water partition coefficient (Wildman–Crippen LogP) is 2.91. The summed E-state index contributed by atoms with van der Waals surface area (Å²) in [6, 6.07) is 5.99. The molecule has 0 amide bonds. The second kappa shape index (κ2) is 6.50. The predicted molar refractivity (Wildman–Crippen MR) is 112 cm³/mol. The first kappa shape index (κ1) is 18.5. The van der Waals surface area contributed by atoms with Crippen molar-refractivity contribution >= 4 is 26.6 Å². The van der Waals surface area contributed by atoms with Gasteiger partial charge in [0, 0.05) is 42.2 Å². The molecular formula is C20H24N6O2S. The second-order valence-corrected chi connectivity index (χ2v) is 10.5. The number of fused-ring (bicyclic) bond motifs is 1. The Labute approximate surface area is 169 Å². The number of anilines is 1. The van der Waals surface area contributed by atoms with Crippen LogP contribution >= 0.6 is 0 Å². The van der Waals surface area contributed by atoms with Gasteiger partial charge in [0.25, 0.3) is 0 Å². The van der Waals surface area contributed by atoms with Gasteiger partial charge < -0.3 is 14.6 Å². The number of aromatic amines is 1. The average molecular weight is 413 g/mol. The molecule has 0 unspecified atom stereocenters. The minimum atomic E-state index is -2.79. The first-order chi connectivity index (χ1) is 13.9. The van der Waals surface area contributed by atoms with Crippen LogP contribution in [0.2, 0.25) is 0 Å². The van der Waals surface area contributed by atoms with Crippen LogP contribution in [0.1, 0.15) is 25.5 Å². The van der Waals surface area contributed by atoms with Crippen LogP contribution in [-0.2, 0) is 19.2 Å². The van der Waals surface area contributed by atoms with E-state index < -0.39 is 14.5 Å². The van der Waals surface area contributed by atoms with E-state index in [-0.39, 0.29) is 6.04 Å². The topological polar surface area (TPSA) is 108 Å². The Morgan fingerprint density at radius 1 is 1.34 bits per heavy atom. The highest BCUT2D eigenvalue weighted by molar-refractivity contribution is 7.92. The number of hydrogen-bond acceptors (Lipinski definition) is 7. The van der Waals surface area contributed by atoms with Gasteiger partial charge in [-0.25, -0.2) is 19.2 Å². The standard InChI is InChI=1S/C20H24N6O2S/c1-13-12-28-10-9-26(13)17-11-16(20(5-6-20)29(2,21)27)24-19(25-17)15-4-8-23-18-14(15)3-7-22-18/h3-4,7-8,11,13,21H,5-6,9-10,12H2,1-2H3,(H,22,23)/t13-,29+/m1/s1. The summed E-state index contributed by atoms with van der Waals surface area (Å²) in [4.78, 5) is 19.4. The molecule has 1 saturated heterocycles. The lowest BCUT2D eigenvalue weighted by molar-refractivity contribution is 0.0985. The van der Waals surface area contributed by atoms with E-state index >= 15 is 0 Å². The third kappa shape index (κ3) is 3.00. The third-order valence-electron chi connectivity index (χ3n) is 5.99. The molecule has 0 aromatic carbocycles. The van der Waals surface area contributed by atoms with Crippen LogP contribution in [0.4, 0.5) is 5.82 Å². The fourth-order valence-corrected chi connectivity index (χ4v) is 5.50. The molecule has 1 aliphatic carbocycles. The zero-order chi connectivity index (χ0) is 20.2. The van der Waals surface area contributed by atoms with Gasteiger partial charge in [0.15, 0.2) is 5.82 Å². The molecular weight excluding hydrogens is 388 g/mol. The minimum absolute atomic E-state index is 0.182. The van der Waals surface area contributed by atoms with E-state index in [1.165, 1.54) is 6.26 Å². The van der Waals surface area contributed by atoms with Crippen molar-refractivity contribution in [3.63, 3.8) is 0 Å². The molecule has 2 atom stereocenters. The van der Waals surface area contributed by atoms with E-state index in [1.807, 2.05) is 24.4 Å². The molecule has 2 N–H and O–H groups in total. The molecule has 4 heterocycles. The monoisotopic (exact) mass is 412 g/mol. The minimum Gasteiger partial charge on any atom is -0.377 e. The van der Waals surface area contributed by atoms with Gasteiger partial charge in [-0.05, 0) is 31.9 Å². The molecule has 0 radical (unpaired) electrons. The van der Waals surface area contributed by atoms with Crippen LogP contribution < -0.4 is 4.90 Å². The van der Waals surface area contributed by atoms with Crippen LogP contribution in [0.15, 0.2) is 30.6 Å². The fraction of sp³-hybridized carbons (Fsp3) is 0.450. The Kier molecular flexibility index (Phi) is 4.15. The van der Waals surface area contributed by atoms with Crippen LogP contribution in [0, 0.1) is 4.78 Å². The number of nitrogens with zero attached hydrogens (tertiary/aromatic N) is 4. The van der Waals surface area contributed by atoms with Gasteiger partial charge in [-0.3, -0.25) is 4.78 Å². The Balaban J connectivity index is 1.72. The Morgan fingerprint density at radius 2 is 2.17 bits per heavy atom. The van der Waals surface area contributed by atoms with E-state index in [4.69, 9.17) is 19.5 Å². The average Bonchev–Trinajstić information content (AvgIpc) is 3.39. The van der Waals surface area contributed by atoms with Crippen LogP contribution in [0.25, 0.3) is 22.4 Å². The highest BCUT2D eigenvalue weighted by Crippen LogP contribution is 2.52. The zero-order valence-corrected chi connectivity index (χ0v) is 17.3. The highest BCUT2D eigenvalue weighted by Gasteiger charge is 2.53. The summed E-state index contributed by atoms with van der Waals surface area (Å²) in [5.74, 6) is 1.38. The summed E-state index contributed by atoms with van der Waals surface area (Å²) in [5.41, 5.74) is 2.36. The van der Waals surface area contributed by atoms with Gasteiger partial charge in [-0.2, -0.15) is 0 Å². The maximum atomic E-state index is 12.8. The van der Waals surface area contributed by atoms with Crippen molar-refractivity contribution in [2.45, 2.75) is 30.6 Å². The number of ether oxygens (including phenoxy) is 1. The number of pyridine rings is 1. The summed E-state index contributed by atoms with van der Waals surface area (Å²) in [5, 5.41) is 0.943. The number of aromatic nitrogens is 4. The van der Waals surface area contributed by atoms with Crippen molar-refractivity contribution < 1.29 is 8.95 Å². The second-order valence-electron chi connectivity index (χ2n) is 7.99. The molecule has 1 aliphatic heterocycles. The van der Waals surface area contributed by atoms with Crippen molar-refractivity contribution in [2.24, 2.45) is 0 Å². The SMILES string of the molecule is C[C@@H]1COCCN1c1cc(C2([S@@](C)(=N)=O)CC2)nc(-c2ccnc3[nH]ccc23)n1. The van der Waals surface area contributed by atoms with Crippen molar-refractivity contribution in [2.75, 3.05) is 30.9 Å². The molecule has 1 saturated carbocycles. The summed E-state index contributed by atoms with van der Waals surface area (Å²) < 4.78 is 26.0. The van der Waals surface area contributed by atoms with Gasteiger partial charge in [-0.1, -0.05) is 0 Å². The summed E-state index contributed by atoms with van der Waals surface area (Å²) in [6.45, 7) is 4.13. The zero-order valence-electron chi connectivity index (χ0n) is 16.5. The maximum absolute atomic E-state index is 12.8. The third-order valence-corrected chi connectivity index (χ3v) is 8.10. The molecule has 3 aromatic heterocycles. The number of morpholine rings is 1. The molecule has 5 rings (SSSR count). The van der Waals surface area contributed by atoms with Crippen LogP contribution in [-0.4, -0.2) is 56.2 Å². The molecule has 3 aromatic rings. The molecule has 152 valence electrons. The van der Waals surface area contributed by atoms with Crippen molar-refractivity contribution in [3.8, 4) is 11.4 Å². The van der Waals surface area contributed by atoms with Gasteiger partial charge in [0.1, 0.15) is 11.5 Å². The molecule has 2 fully saturated rings. The Bertz CT molecular complexity index is 1180. The fourth-order valence-electron chi connectivity index (χ4n) is 4.12. The lowest BCUT2D eigenvalue weighted by atomic mass is 10.1. The lowest BCUT2D eigenvalue weighted by Gasteiger charge is -2.35. The van der Waals surface area contributed by atoms with Gasteiger partial charge >= 0.3 is 0 Å². The lowest BCUT2D eigenvalue weighted by Crippen LogP contribution is -2.44. The van der Waals surface area contributed by atoms with Crippen LogP contribution in [0.5, 0.6) is 0 Å². The quantitative estimate of drug-likeness (QED) is 0.682. The maximum Gasteiger partial charge on any atom is 0.162 e. The van der Waals surface area contributed by atoms with Crippen molar-refractivity contribution in [3.05, 3.63) is 36.3 Å². The number of nitrogens with one attached hydrogen (secondary N) is 2. The molecule has 9 heteroatoms. The van der Waals surface area contributed by atoms with E-state index in [0.717, 1.165) is 41.8 Å². The first-order valence-electron chi connectivity index (χ1n) is 9.79. The number of hydrogen-bond donors (Lipinski definition) is 2. The van der Waals surface area contributed by atoms with Gasteiger partial charge in [0.05, 0.1) is 39.4 Å². The first-order valence-corrected chi connectivity index (χ1v) is 11.8. The van der Waals surface area contributed by atoms with Crippen molar-refractivity contribution in [1.82, 2.24) is 19.9 Å². The van der Waals surface area contributed by atoms with E-state index in [9.17, 15) is 4.21 Å². The van der Waals surface area contributed by atoms with E-state index in [2.05, 4.69) is 21.8 Å². The summed E-state index contributed by atoms with van der Waals surface area (Å²) in [7, 11) is -2.79. The molecule has 2 aliphatic rings. The number of H-pyrrole nitrogens is 1. The highest BCUT2D eigenvalue weighted by atomic mass is 32.2. The Hall–Kier alpha value is -2.52.